The summed E-state index contributed by atoms with van der Waals surface area (Å²) in [6.45, 7) is 14.6. The van der Waals surface area contributed by atoms with E-state index in [1.165, 1.54) is 21.2 Å². The van der Waals surface area contributed by atoms with E-state index >= 15 is 0 Å². The lowest BCUT2D eigenvalue weighted by Crippen LogP contribution is -2.62. The van der Waals surface area contributed by atoms with Gasteiger partial charge < -0.3 is 34.1 Å². The van der Waals surface area contributed by atoms with Crippen LogP contribution in [-0.2, 0) is 43.2 Å². The molecule has 0 saturated carbocycles. The number of hydrazine groups is 1. The van der Waals surface area contributed by atoms with Gasteiger partial charge in [0.15, 0.2) is 0 Å². The standard InChI is InChI=1S/C49H69N9O6S/c1-11-57-40-20-19-32-24-35(40)36(44(57)34-17-14-21-50-42(34)31(4)63-10)26-49(5,6)29-64-47(61)37-18-15-23-58(53-37)46(60)38(25-41-51-39(32)28-65-41)52-45(59)43(30(2)3)55(9)48(62)56-22-13-12-16-33(27-56)54(7)8/h14,17,19-21,24,28,30-31,33,37-38,43,53H,11-13,15-16,18,22-23,25-27,29H2,1-10H3,(H,52,59)/t31-,33-,37-,38-,43-/m0/s1. The zero-order valence-electron chi connectivity index (χ0n) is 40.0. The normalized spacial score (nSPS) is 21.8. The smallest absolute Gasteiger partial charge is 0.324 e. The minimum Gasteiger partial charge on any atom is -0.464 e. The van der Waals surface area contributed by atoms with E-state index in [9.17, 15) is 19.2 Å². The van der Waals surface area contributed by atoms with Crippen molar-refractivity contribution in [1.82, 2.24) is 45.0 Å². The van der Waals surface area contributed by atoms with E-state index in [1.54, 1.807) is 20.4 Å². The minimum absolute atomic E-state index is 0.112. The molecule has 1 aromatic carbocycles. The van der Waals surface area contributed by atoms with Crippen molar-refractivity contribution in [3.63, 3.8) is 0 Å². The highest BCUT2D eigenvalue weighted by Crippen LogP contribution is 2.42. The number of fused-ring (bicyclic) bond motifs is 6. The second-order valence-electron chi connectivity index (χ2n) is 19.4. The van der Waals surface area contributed by atoms with Crippen LogP contribution in [-0.4, -0.2) is 137 Å². The first-order chi connectivity index (χ1) is 31.0. The molecule has 0 aliphatic carbocycles. The summed E-state index contributed by atoms with van der Waals surface area (Å²) in [4.78, 5) is 72.7. The lowest BCUT2D eigenvalue weighted by Gasteiger charge is -2.38. The number of carbonyl (C=O) groups excluding carboxylic acids is 4. The van der Waals surface area contributed by atoms with E-state index in [0.717, 1.165) is 63.9 Å². The number of pyridine rings is 1. The molecule has 0 radical (unpaired) electrons. The zero-order valence-corrected chi connectivity index (χ0v) is 40.8. The van der Waals surface area contributed by atoms with E-state index in [-0.39, 0.29) is 43.0 Å². The molecular formula is C49H69N9O6S. The Bertz CT molecular complexity index is 2360. The Morgan fingerprint density at radius 2 is 1.86 bits per heavy atom. The van der Waals surface area contributed by atoms with Gasteiger partial charge >= 0.3 is 12.0 Å². The molecular weight excluding hydrogens is 843 g/mol. The third-order valence-electron chi connectivity index (χ3n) is 13.4. The first-order valence-corrected chi connectivity index (χ1v) is 24.2. The number of hydrogen-bond donors (Lipinski definition) is 2. The molecule has 6 bridgehead atoms. The number of carbonyl (C=O) groups is 4. The summed E-state index contributed by atoms with van der Waals surface area (Å²) in [5, 5.41) is 8.27. The number of nitrogens with one attached hydrogen (secondary N) is 2. The number of hydrogen-bond acceptors (Lipinski definition) is 11. The lowest BCUT2D eigenvalue weighted by atomic mass is 9.84. The van der Waals surface area contributed by atoms with E-state index in [0.29, 0.717) is 50.4 Å². The molecule has 0 spiro atoms. The Hall–Kier alpha value is -4.90. The fraction of sp³-hybridized carbons (Fsp3) is 0.592. The molecule has 2 N–H and O–H groups in total. The van der Waals surface area contributed by atoms with E-state index in [4.69, 9.17) is 19.4 Å². The van der Waals surface area contributed by atoms with Crippen molar-refractivity contribution in [2.45, 2.75) is 123 Å². The van der Waals surface area contributed by atoms with Gasteiger partial charge in [-0.3, -0.25) is 24.4 Å². The predicted octanol–water partition coefficient (Wildman–Crippen LogP) is 6.70. The highest BCUT2D eigenvalue weighted by Gasteiger charge is 2.39. The third-order valence-corrected chi connectivity index (χ3v) is 14.3. The van der Waals surface area contributed by atoms with Crippen LogP contribution in [0.4, 0.5) is 4.79 Å². The molecule has 3 aliphatic rings. The molecule has 5 atom stereocenters. The summed E-state index contributed by atoms with van der Waals surface area (Å²) in [5.74, 6) is -1.50. The molecule has 2 saturated heterocycles. The Morgan fingerprint density at radius 3 is 2.58 bits per heavy atom. The van der Waals surface area contributed by atoms with Gasteiger partial charge in [0.2, 0.25) is 5.91 Å². The van der Waals surface area contributed by atoms with Gasteiger partial charge in [-0.15, -0.1) is 11.3 Å². The molecule has 3 aliphatic heterocycles. The number of likely N-dealkylation sites (N-methyl/N-ethyl adjacent to an activating group) is 2. The van der Waals surface area contributed by atoms with Crippen LogP contribution < -0.4 is 10.7 Å². The molecule has 65 heavy (non-hydrogen) atoms. The van der Waals surface area contributed by atoms with Crippen LogP contribution in [0.3, 0.4) is 0 Å². The molecule has 16 heteroatoms. The fourth-order valence-corrected chi connectivity index (χ4v) is 10.7. The molecule has 7 rings (SSSR count). The largest absolute Gasteiger partial charge is 0.464 e. The van der Waals surface area contributed by atoms with Crippen LogP contribution in [0.2, 0.25) is 0 Å². The maximum atomic E-state index is 14.7. The number of ether oxygens (including phenoxy) is 2. The number of cyclic esters (lactones) is 1. The maximum Gasteiger partial charge on any atom is 0.324 e. The first-order valence-electron chi connectivity index (χ1n) is 23.3. The van der Waals surface area contributed by atoms with Crippen molar-refractivity contribution >= 4 is 46.1 Å². The fourth-order valence-electron chi connectivity index (χ4n) is 9.80. The summed E-state index contributed by atoms with van der Waals surface area (Å²) in [6, 6.07) is 7.85. The van der Waals surface area contributed by atoms with Gasteiger partial charge in [0.05, 0.1) is 34.8 Å². The number of thiazole rings is 1. The highest BCUT2D eigenvalue weighted by molar-refractivity contribution is 7.10. The van der Waals surface area contributed by atoms with Crippen LogP contribution >= 0.6 is 11.3 Å². The summed E-state index contributed by atoms with van der Waals surface area (Å²) in [5.41, 5.74) is 9.42. The van der Waals surface area contributed by atoms with Gasteiger partial charge in [-0.2, -0.15) is 0 Å². The molecule has 4 aromatic rings. The molecule has 3 aromatic heterocycles. The topological polar surface area (TPSA) is 154 Å². The molecule has 352 valence electrons. The number of nitrogens with zero attached hydrogens (tertiary/aromatic N) is 7. The third kappa shape index (κ3) is 10.4. The Labute approximate surface area is 388 Å². The van der Waals surface area contributed by atoms with Gasteiger partial charge in [-0.1, -0.05) is 40.2 Å². The van der Waals surface area contributed by atoms with Gasteiger partial charge in [-0.05, 0) is 95.8 Å². The van der Waals surface area contributed by atoms with Gasteiger partial charge in [0.1, 0.15) is 18.1 Å². The number of esters is 1. The number of aromatic nitrogens is 3. The van der Waals surface area contributed by atoms with Gasteiger partial charge in [-0.25, -0.2) is 15.2 Å². The van der Waals surface area contributed by atoms with Crippen LogP contribution in [0.25, 0.3) is 33.4 Å². The molecule has 4 amide bonds. The van der Waals surface area contributed by atoms with Crippen molar-refractivity contribution in [2.24, 2.45) is 11.3 Å². The molecule has 6 heterocycles. The zero-order chi connectivity index (χ0) is 46.7. The van der Waals surface area contributed by atoms with Crippen LogP contribution in [0, 0.1) is 11.3 Å². The second kappa shape index (κ2) is 20.3. The summed E-state index contributed by atoms with van der Waals surface area (Å²) in [7, 11) is 7.44. The Balaban J connectivity index is 1.27. The molecule has 0 unspecified atom stereocenters. The number of likely N-dealkylation sites (tertiary alicyclic amines) is 1. The number of aryl methyl sites for hydroxylation is 1. The predicted molar refractivity (Wildman–Crippen MR) is 254 cm³/mol. The minimum atomic E-state index is -1.04. The van der Waals surface area contributed by atoms with Crippen molar-refractivity contribution in [1.29, 1.82) is 0 Å². The number of urea groups is 1. The van der Waals surface area contributed by atoms with Crippen molar-refractivity contribution in [2.75, 3.05) is 54.5 Å². The number of rotatable bonds is 9. The number of methoxy groups -OCH3 is 1. The maximum absolute atomic E-state index is 14.7. The SMILES string of the molecule is CCn1c(-c2cccnc2[C@H](C)OC)c2c3cc(ccc31)-c1csc(n1)C[C@H](NC(=O)[C@H](C(C)C)N(C)C(=O)N1CCCC[C@H](N(C)C)C1)C(=O)N1CCC[C@H](N1)C(=O)OCC(C)(C)C2. The van der Waals surface area contributed by atoms with E-state index in [2.05, 4.69) is 65.2 Å². The average molecular weight is 912 g/mol. The average Bonchev–Trinajstić information content (AvgIpc) is 3.78. The van der Waals surface area contributed by atoms with E-state index in [1.807, 2.05) is 51.2 Å². The van der Waals surface area contributed by atoms with Crippen molar-refractivity contribution in [3.8, 4) is 22.5 Å². The Kier molecular flexibility index (Phi) is 15.0. The Morgan fingerprint density at radius 1 is 1.08 bits per heavy atom. The number of amides is 4. The lowest BCUT2D eigenvalue weighted by molar-refractivity contribution is -0.155. The van der Waals surface area contributed by atoms with E-state index < -0.39 is 35.4 Å². The molecule has 2 fully saturated rings. The van der Waals surface area contributed by atoms with Crippen molar-refractivity contribution in [3.05, 3.63) is 58.2 Å². The van der Waals surface area contributed by atoms with Gasteiger partial charge in [0.25, 0.3) is 5.91 Å². The van der Waals surface area contributed by atoms with Gasteiger partial charge in [0, 0.05) is 91.8 Å². The van der Waals surface area contributed by atoms with Crippen LogP contribution in [0.5, 0.6) is 0 Å². The van der Waals surface area contributed by atoms with Crippen LogP contribution in [0.15, 0.2) is 41.9 Å². The van der Waals surface area contributed by atoms with Crippen molar-refractivity contribution < 1.29 is 28.7 Å². The highest BCUT2D eigenvalue weighted by atomic mass is 32.1. The quantitative estimate of drug-likeness (QED) is 0.174. The summed E-state index contributed by atoms with van der Waals surface area (Å²) >= 11 is 1.44. The summed E-state index contributed by atoms with van der Waals surface area (Å²) < 4.78 is 14.3. The first kappa shape index (κ1) is 48.0. The monoisotopic (exact) mass is 912 g/mol. The second-order valence-corrected chi connectivity index (χ2v) is 20.4. The number of benzene rings is 1. The summed E-state index contributed by atoms with van der Waals surface area (Å²) in [6.07, 6.45) is 6.23. The van der Waals surface area contributed by atoms with Crippen LogP contribution in [0.1, 0.15) is 96.0 Å². The molecule has 15 nitrogen and oxygen atoms in total.